The third-order valence-corrected chi connectivity index (χ3v) is 2.72. The molecule has 0 aliphatic heterocycles. The van der Waals surface area contributed by atoms with Crippen molar-refractivity contribution < 1.29 is 14.2 Å². The zero-order valence-electron chi connectivity index (χ0n) is 12.6. The Kier molecular flexibility index (Phi) is 10.0. The first kappa shape index (κ1) is 17.0. The van der Waals surface area contributed by atoms with Crippen LogP contribution >= 0.6 is 0 Å². The monoisotopic (exact) mass is 282 g/mol. The molecule has 0 aromatic carbocycles. The largest absolute Gasteiger partial charge is 0.382 e. The summed E-state index contributed by atoms with van der Waals surface area (Å²) in [6.45, 7) is 7.16. The summed E-state index contributed by atoms with van der Waals surface area (Å²) in [5, 5.41) is 3.27. The fraction of sp³-hybridized carbons (Fsp3) is 0.667. The molecule has 0 aliphatic carbocycles. The van der Waals surface area contributed by atoms with Crippen LogP contribution < -0.4 is 5.32 Å². The summed E-state index contributed by atoms with van der Waals surface area (Å²) in [6.07, 6.45) is 2.79. The van der Waals surface area contributed by atoms with Crippen LogP contribution in [0.1, 0.15) is 24.6 Å². The number of pyridine rings is 1. The number of rotatable bonds is 12. The van der Waals surface area contributed by atoms with Crippen LogP contribution in [0.2, 0.25) is 0 Å². The van der Waals surface area contributed by atoms with E-state index in [-0.39, 0.29) is 0 Å². The third kappa shape index (κ3) is 8.22. The molecule has 0 bridgehead atoms. The van der Waals surface area contributed by atoms with Gasteiger partial charge >= 0.3 is 0 Å². The minimum atomic E-state index is 0.555. The zero-order chi connectivity index (χ0) is 14.5. The Bertz CT molecular complexity index is 330. The van der Waals surface area contributed by atoms with E-state index < -0.39 is 0 Å². The van der Waals surface area contributed by atoms with Crippen LogP contribution in [0.25, 0.3) is 0 Å². The Labute approximate surface area is 121 Å². The number of methoxy groups -OCH3 is 1. The molecule has 1 rings (SSSR count). The highest BCUT2D eigenvalue weighted by molar-refractivity contribution is 5.13. The summed E-state index contributed by atoms with van der Waals surface area (Å²) >= 11 is 0. The van der Waals surface area contributed by atoms with Gasteiger partial charge in [-0.1, -0.05) is 13.0 Å². The highest BCUT2D eigenvalue weighted by Gasteiger charge is 1.97. The van der Waals surface area contributed by atoms with Crippen LogP contribution in [0.3, 0.4) is 0 Å². The molecule has 0 radical (unpaired) electrons. The smallest absolute Gasteiger partial charge is 0.0887 e. The van der Waals surface area contributed by atoms with Gasteiger partial charge in [0.2, 0.25) is 0 Å². The Hall–Kier alpha value is -1.01. The summed E-state index contributed by atoms with van der Waals surface area (Å²) in [4.78, 5) is 4.38. The third-order valence-electron chi connectivity index (χ3n) is 2.72. The van der Waals surface area contributed by atoms with Crippen LogP contribution in [0.15, 0.2) is 18.3 Å². The predicted molar refractivity (Wildman–Crippen MR) is 78.6 cm³/mol. The van der Waals surface area contributed by atoms with Crippen molar-refractivity contribution in [2.75, 3.05) is 40.1 Å². The van der Waals surface area contributed by atoms with E-state index in [0.29, 0.717) is 33.0 Å². The molecule has 0 aliphatic rings. The Balaban J connectivity index is 2.04. The van der Waals surface area contributed by atoms with E-state index in [9.17, 15) is 0 Å². The van der Waals surface area contributed by atoms with Gasteiger partial charge in [-0.25, -0.2) is 0 Å². The SMILES string of the molecule is CCNCc1ccc(COCCCOCCOC)nc1. The van der Waals surface area contributed by atoms with Crippen LogP contribution in [0, 0.1) is 0 Å². The lowest BCUT2D eigenvalue weighted by Gasteiger charge is -2.06. The van der Waals surface area contributed by atoms with Crippen LogP contribution in [0.4, 0.5) is 0 Å². The standard InChI is InChI=1S/C15H26N2O3/c1-3-16-11-14-5-6-15(17-12-14)13-20-8-4-7-19-10-9-18-2/h5-6,12,16H,3-4,7-11,13H2,1-2H3. The van der Waals surface area contributed by atoms with Gasteiger partial charge < -0.3 is 19.5 Å². The van der Waals surface area contributed by atoms with Crippen LogP contribution in [-0.2, 0) is 27.4 Å². The lowest BCUT2D eigenvalue weighted by Crippen LogP contribution is -2.12. The van der Waals surface area contributed by atoms with Gasteiger partial charge in [0.1, 0.15) is 0 Å². The maximum absolute atomic E-state index is 5.56. The van der Waals surface area contributed by atoms with Crippen molar-refractivity contribution >= 4 is 0 Å². The predicted octanol–water partition coefficient (Wildman–Crippen LogP) is 1.76. The van der Waals surface area contributed by atoms with Gasteiger partial charge in [-0.3, -0.25) is 4.98 Å². The molecule has 0 unspecified atom stereocenters. The zero-order valence-corrected chi connectivity index (χ0v) is 12.6. The molecule has 0 amide bonds. The average molecular weight is 282 g/mol. The summed E-state index contributed by atoms with van der Waals surface area (Å²) < 4.78 is 15.8. The molecule has 0 fully saturated rings. The van der Waals surface area contributed by atoms with Gasteiger partial charge in [0.15, 0.2) is 0 Å². The second kappa shape index (κ2) is 11.8. The second-order valence-electron chi connectivity index (χ2n) is 4.45. The number of nitrogens with zero attached hydrogens (tertiary/aromatic N) is 1. The number of aromatic nitrogens is 1. The van der Waals surface area contributed by atoms with Gasteiger partial charge in [0.25, 0.3) is 0 Å². The van der Waals surface area contributed by atoms with Crippen molar-refractivity contribution in [3.63, 3.8) is 0 Å². The first-order valence-corrected chi connectivity index (χ1v) is 7.15. The van der Waals surface area contributed by atoms with Crippen molar-refractivity contribution in [3.05, 3.63) is 29.6 Å². The normalized spacial score (nSPS) is 10.9. The van der Waals surface area contributed by atoms with Crippen LogP contribution in [0.5, 0.6) is 0 Å². The molecule has 0 atom stereocenters. The highest BCUT2D eigenvalue weighted by atomic mass is 16.5. The number of hydrogen-bond donors (Lipinski definition) is 1. The van der Waals surface area contributed by atoms with Crippen molar-refractivity contribution in [2.24, 2.45) is 0 Å². The summed E-state index contributed by atoms with van der Waals surface area (Å²) in [5.74, 6) is 0. The molecule has 5 heteroatoms. The highest BCUT2D eigenvalue weighted by Crippen LogP contribution is 2.02. The fourth-order valence-electron chi connectivity index (χ4n) is 1.60. The molecule has 0 spiro atoms. The number of hydrogen-bond acceptors (Lipinski definition) is 5. The van der Waals surface area contributed by atoms with E-state index in [4.69, 9.17) is 14.2 Å². The molecule has 20 heavy (non-hydrogen) atoms. The van der Waals surface area contributed by atoms with E-state index >= 15 is 0 Å². The molecule has 0 saturated heterocycles. The minimum Gasteiger partial charge on any atom is -0.382 e. The first-order chi connectivity index (χ1) is 9.86. The van der Waals surface area contributed by atoms with Crippen molar-refractivity contribution in [2.45, 2.75) is 26.5 Å². The molecule has 1 aromatic heterocycles. The van der Waals surface area contributed by atoms with Gasteiger partial charge in [-0.15, -0.1) is 0 Å². The fourth-order valence-corrected chi connectivity index (χ4v) is 1.60. The van der Waals surface area contributed by atoms with Crippen molar-refractivity contribution in [3.8, 4) is 0 Å². The second-order valence-corrected chi connectivity index (χ2v) is 4.45. The van der Waals surface area contributed by atoms with Gasteiger partial charge in [0, 0.05) is 33.1 Å². The lowest BCUT2D eigenvalue weighted by molar-refractivity contribution is 0.0478. The van der Waals surface area contributed by atoms with Crippen LogP contribution in [-0.4, -0.2) is 45.1 Å². The Morgan fingerprint density at radius 3 is 2.65 bits per heavy atom. The van der Waals surface area contributed by atoms with Gasteiger partial charge in [-0.05, 0) is 24.6 Å². The van der Waals surface area contributed by atoms with E-state index in [0.717, 1.165) is 25.2 Å². The van der Waals surface area contributed by atoms with Crippen molar-refractivity contribution in [1.29, 1.82) is 0 Å². The molecule has 0 saturated carbocycles. The molecular formula is C15H26N2O3. The molecule has 1 heterocycles. The topological polar surface area (TPSA) is 52.6 Å². The molecule has 5 nitrogen and oxygen atoms in total. The summed E-state index contributed by atoms with van der Waals surface area (Å²) in [7, 11) is 1.67. The number of ether oxygens (including phenoxy) is 3. The quantitative estimate of drug-likeness (QED) is 0.592. The van der Waals surface area contributed by atoms with E-state index in [1.807, 2.05) is 12.3 Å². The van der Waals surface area contributed by atoms with Gasteiger partial charge in [0.05, 0.1) is 25.5 Å². The Morgan fingerprint density at radius 1 is 1.10 bits per heavy atom. The number of nitrogens with one attached hydrogen (secondary N) is 1. The summed E-state index contributed by atoms with van der Waals surface area (Å²) in [6, 6.07) is 4.10. The molecule has 1 N–H and O–H groups in total. The minimum absolute atomic E-state index is 0.555. The van der Waals surface area contributed by atoms with E-state index in [1.54, 1.807) is 7.11 Å². The summed E-state index contributed by atoms with van der Waals surface area (Å²) in [5.41, 5.74) is 2.16. The van der Waals surface area contributed by atoms with Crippen molar-refractivity contribution in [1.82, 2.24) is 10.3 Å². The molecular weight excluding hydrogens is 256 g/mol. The van der Waals surface area contributed by atoms with E-state index in [2.05, 4.69) is 23.3 Å². The lowest BCUT2D eigenvalue weighted by atomic mass is 10.2. The maximum Gasteiger partial charge on any atom is 0.0887 e. The van der Waals surface area contributed by atoms with Gasteiger partial charge in [-0.2, -0.15) is 0 Å². The Morgan fingerprint density at radius 2 is 1.95 bits per heavy atom. The first-order valence-electron chi connectivity index (χ1n) is 7.15. The average Bonchev–Trinajstić information content (AvgIpc) is 2.49. The molecule has 1 aromatic rings. The maximum atomic E-state index is 5.56. The molecule has 114 valence electrons. The van der Waals surface area contributed by atoms with E-state index in [1.165, 1.54) is 5.56 Å².